The van der Waals surface area contributed by atoms with Crippen LogP contribution in [0.2, 0.25) is 0 Å². The summed E-state index contributed by atoms with van der Waals surface area (Å²) in [4.78, 5) is 7.81. The number of hydrogen-bond acceptors (Lipinski definition) is 1. The van der Waals surface area contributed by atoms with Crippen molar-refractivity contribution in [2.45, 2.75) is 37.5 Å². The lowest BCUT2D eigenvalue weighted by Crippen LogP contribution is -1.82. The highest BCUT2D eigenvalue weighted by molar-refractivity contribution is 5.16. The first-order chi connectivity index (χ1) is 5.43. The van der Waals surface area contributed by atoms with Crippen LogP contribution in [-0.2, 0) is 0 Å². The zero-order valence-corrected chi connectivity index (χ0v) is 6.51. The van der Waals surface area contributed by atoms with Gasteiger partial charge in [-0.2, -0.15) is 0 Å². The molecule has 1 heterocycles. The predicted molar refractivity (Wildman–Crippen MR) is 42.5 cm³/mol. The molecule has 2 aliphatic carbocycles. The largest absolute Gasteiger partial charge is 0.345 e. The monoisotopic (exact) mass is 148 g/mol. The molecular weight excluding hydrogens is 136 g/mol. The van der Waals surface area contributed by atoms with Gasteiger partial charge in [-0.15, -0.1) is 0 Å². The molecule has 2 fully saturated rings. The predicted octanol–water partition coefficient (Wildman–Crippen LogP) is 2.16. The lowest BCUT2D eigenvalue weighted by molar-refractivity contribution is 0.947. The van der Waals surface area contributed by atoms with Gasteiger partial charge in [-0.1, -0.05) is 0 Å². The topological polar surface area (TPSA) is 28.7 Å². The Kier molecular flexibility index (Phi) is 0.989. The molecule has 1 N–H and O–H groups in total. The Morgan fingerprint density at radius 1 is 1.18 bits per heavy atom. The number of H-pyrrole nitrogens is 1. The van der Waals surface area contributed by atoms with Gasteiger partial charge in [-0.25, -0.2) is 4.98 Å². The molecule has 58 valence electrons. The number of aromatic amines is 1. The van der Waals surface area contributed by atoms with Crippen LogP contribution in [0.4, 0.5) is 0 Å². The van der Waals surface area contributed by atoms with Crippen LogP contribution in [0.1, 0.15) is 49.0 Å². The fourth-order valence-electron chi connectivity index (χ4n) is 1.52. The summed E-state index contributed by atoms with van der Waals surface area (Å²) in [5, 5.41) is 0. The van der Waals surface area contributed by atoms with E-state index in [2.05, 4.69) is 9.97 Å². The second-order valence-electron chi connectivity index (χ2n) is 3.77. The van der Waals surface area contributed by atoms with E-state index < -0.39 is 0 Å². The highest BCUT2D eigenvalue weighted by Crippen LogP contribution is 2.42. The summed E-state index contributed by atoms with van der Waals surface area (Å²) < 4.78 is 0. The van der Waals surface area contributed by atoms with Crippen molar-refractivity contribution in [1.82, 2.24) is 9.97 Å². The standard InChI is InChI=1S/C9H12N2/c1-2-6(1)8-5-10-9(11-8)7-3-4-7/h5-7H,1-4H2,(H,10,11). The van der Waals surface area contributed by atoms with Crippen LogP contribution in [-0.4, -0.2) is 9.97 Å². The van der Waals surface area contributed by atoms with Gasteiger partial charge in [0.2, 0.25) is 0 Å². The van der Waals surface area contributed by atoms with Gasteiger partial charge in [0.1, 0.15) is 5.82 Å². The second kappa shape index (κ2) is 1.87. The van der Waals surface area contributed by atoms with Gasteiger partial charge < -0.3 is 4.98 Å². The zero-order chi connectivity index (χ0) is 7.26. The molecule has 1 aromatic heterocycles. The van der Waals surface area contributed by atoms with Crippen molar-refractivity contribution in [2.24, 2.45) is 0 Å². The molecule has 0 amide bonds. The molecule has 0 radical (unpaired) electrons. The van der Waals surface area contributed by atoms with Crippen molar-refractivity contribution < 1.29 is 0 Å². The summed E-state index contributed by atoms with van der Waals surface area (Å²) in [7, 11) is 0. The quantitative estimate of drug-likeness (QED) is 0.684. The molecule has 0 bridgehead atoms. The fraction of sp³-hybridized carbons (Fsp3) is 0.667. The SMILES string of the molecule is c1nc(C2CC2)[nH]c1C1CC1. The number of nitrogens with zero attached hydrogens (tertiary/aromatic N) is 1. The summed E-state index contributed by atoms with van der Waals surface area (Å²) in [6.45, 7) is 0. The van der Waals surface area contributed by atoms with Gasteiger partial charge in [-0.3, -0.25) is 0 Å². The Morgan fingerprint density at radius 3 is 2.55 bits per heavy atom. The van der Waals surface area contributed by atoms with Crippen molar-refractivity contribution in [3.8, 4) is 0 Å². The molecule has 0 aromatic carbocycles. The molecule has 2 aliphatic rings. The number of imidazole rings is 1. The first-order valence-electron chi connectivity index (χ1n) is 4.48. The number of hydrogen-bond donors (Lipinski definition) is 1. The van der Waals surface area contributed by atoms with Crippen molar-refractivity contribution in [3.05, 3.63) is 17.7 Å². The van der Waals surface area contributed by atoms with E-state index in [0.29, 0.717) is 0 Å². The molecule has 2 nitrogen and oxygen atoms in total. The van der Waals surface area contributed by atoms with E-state index in [9.17, 15) is 0 Å². The van der Waals surface area contributed by atoms with Gasteiger partial charge in [0, 0.05) is 23.7 Å². The van der Waals surface area contributed by atoms with E-state index in [-0.39, 0.29) is 0 Å². The van der Waals surface area contributed by atoms with Gasteiger partial charge in [-0.05, 0) is 25.7 Å². The Bertz CT molecular complexity index is 242. The molecule has 0 saturated heterocycles. The Balaban J connectivity index is 1.88. The summed E-state index contributed by atoms with van der Waals surface area (Å²) in [5.41, 5.74) is 1.38. The lowest BCUT2D eigenvalue weighted by atomic mass is 10.3. The van der Waals surface area contributed by atoms with E-state index in [0.717, 1.165) is 11.8 Å². The van der Waals surface area contributed by atoms with Crippen LogP contribution in [0, 0.1) is 0 Å². The molecule has 11 heavy (non-hydrogen) atoms. The third kappa shape index (κ3) is 0.971. The molecule has 0 aliphatic heterocycles. The minimum Gasteiger partial charge on any atom is -0.345 e. The molecule has 0 unspecified atom stereocenters. The van der Waals surface area contributed by atoms with Gasteiger partial charge in [0.25, 0.3) is 0 Å². The smallest absolute Gasteiger partial charge is 0.109 e. The average Bonchev–Trinajstić information content (AvgIpc) is 2.90. The van der Waals surface area contributed by atoms with Crippen LogP contribution in [0.15, 0.2) is 6.20 Å². The molecule has 0 spiro atoms. The Labute approximate surface area is 66.0 Å². The van der Waals surface area contributed by atoms with E-state index in [1.165, 1.54) is 37.2 Å². The first kappa shape index (κ1) is 5.81. The van der Waals surface area contributed by atoms with Crippen LogP contribution < -0.4 is 0 Å². The normalized spacial score (nSPS) is 24.0. The molecule has 3 rings (SSSR count). The zero-order valence-electron chi connectivity index (χ0n) is 6.51. The molecule has 0 atom stereocenters. The van der Waals surface area contributed by atoms with Crippen LogP contribution in [0.3, 0.4) is 0 Å². The van der Waals surface area contributed by atoms with Crippen LogP contribution >= 0.6 is 0 Å². The van der Waals surface area contributed by atoms with Crippen molar-refractivity contribution >= 4 is 0 Å². The van der Waals surface area contributed by atoms with Gasteiger partial charge in [0.05, 0.1) is 0 Å². The number of aromatic nitrogens is 2. The highest BCUT2D eigenvalue weighted by atomic mass is 14.9. The molecule has 2 saturated carbocycles. The number of rotatable bonds is 2. The summed E-state index contributed by atoms with van der Waals surface area (Å²) in [6.07, 6.45) is 7.46. The maximum absolute atomic E-state index is 4.38. The van der Waals surface area contributed by atoms with Crippen molar-refractivity contribution in [2.75, 3.05) is 0 Å². The minimum atomic E-state index is 0.780. The third-order valence-electron chi connectivity index (χ3n) is 2.60. The molecular formula is C9H12N2. The summed E-state index contributed by atoms with van der Waals surface area (Å²) in [6, 6.07) is 0. The first-order valence-corrected chi connectivity index (χ1v) is 4.48. The van der Waals surface area contributed by atoms with Gasteiger partial charge >= 0.3 is 0 Å². The maximum Gasteiger partial charge on any atom is 0.109 e. The molecule has 1 aromatic rings. The lowest BCUT2D eigenvalue weighted by Gasteiger charge is -1.89. The van der Waals surface area contributed by atoms with Crippen LogP contribution in [0.5, 0.6) is 0 Å². The van der Waals surface area contributed by atoms with E-state index in [4.69, 9.17) is 0 Å². The second-order valence-corrected chi connectivity index (χ2v) is 3.77. The van der Waals surface area contributed by atoms with Crippen molar-refractivity contribution in [3.63, 3.8) is 0 Å². The van der Waals surface area contributed by atoms with E-state index >= 15 is 0 Å². The average molecular weight is 148 g/mol. The Morgan fingerprint density at radius 2 is 1.91 bits per heavy atom. The maximum atomic E-state index is 4.38. The molecule has 2 heteroatoms. The van der Waals surface area contributed by atoms with Crippen LogP contribution in [0.25, 0.3) is 0 Å². The highest BCUT2D eigenvalue weighted by Gasteiger charge is 2.30. The Hall–Kier alpha value is -0.790. The van der Waals surface area contributed by atoms with Gasteiger partial charge in [0.15, 0.2) is 0 Å². The minimum absolute atomic E-state index is 0.780. The number of nitrogens with one attached hydrogen (secondary N) is 1. The summed E-state index contributed by atoms with van der Waals surface area (Å²) >= 11 is 0. The summed E-state index contributed by atoms with van der Waals surface area (Å²) in [5.74, 6) is 2.85. The fourth-order valence-corrected chi connectivity index (χ4v) is 1.52. The third-order valence-corrected chi connectivity index (χ3v) is 2.60. The van der Waals surface area contributed by atoms with E-state index in [1.54, 1.807) is 0 Å². The van der Waals surface area contributed by atoms with E-state index in [1.807, 2.05) is 6.20 Å². The van der Waals surface area contributed by atoms with Crippen molar-refractivity contribution in [1.29, 1.82) is 0 Å².